The monoisotopic (exact) mass is 482 g/mol. The molecule has 0 aliphatic heterocycles. The van der Waals surface area contributed by atoms with Crippen molar-refractivity contribution in [2.24, 2.45) is 0 Å². The number of hydrogen-bond acceptors (Lipinski definition) is 6. The van der Waals surface area contributed by atoms with E-state index in [0.717, 1.165) is 16.9 Å². The van der Waals surface area contributed by atoms with E-state index in [-0.39, 0.29) is 18.0 Å². The zero-order chi connectivity index (χ0) is 23.4. The minimum absolute atomic E-state index is 0.147. The van der Waals surface area contributed by atoms with E-state index in [1.165, 1.54) is 11.3 Å². The second-order valence-electron chi connectivity index (χ2n) is 7.43. The average molecular weight is 483 g/mol. The van der Waals surface area contributed by atoms with Crippen LogP contribution in [0.15, 0.2) is 58.7 Å². The molecule has 33 heavy (non-hydrogen) atoms. The third kappa shape index (κ3) is 5.42. The number of carbonyl (C=O) groups is 1. The van der Waals surface area contributed by atoms with E-state index >= 15 is 0 Å². The summed E-state index contributed by atoms with van der Waals surface area (Å²) >= 11 is 7.41. The Morgan fingerprint density at radius 2 is 1.91 bits per heavy atom. The molecule has 0 aliphatic carbocycles. The molecule has 0 saturated heterocycles. The van der Waals surface area contributed by atoms with Crippen molar-refractivity contribution in [3.63, 3.8) is 0 Å². The molecule has 0 unspecified atom stereocenters. The van der Waals surface area contributed by atoms with Crippen molar-refractivity contribution >= 4 is 44.7 Å². The number of ether oxygens (including phenoxy) is 1. The summed E-state index contributed by atoms with van der Waals surface area (Å²) < 4.78 is 5.13. The van der Waals surface area contributed by atoms with E-state index in [1.54, 1.807) is 43.5 Å². The van der Waals surface area contributed by atoms with Crippen LogP contribution in [0.3, 0.4) is 0 Å². The SMILES string of the molecule is CCN(CC(=O)Nc1ccc(OC)cc1)Cc1nc2scc(-c3ccc(Cl)cc3)c2c(=O)[nH]1. The first kappa shape index (κ1) is 23.0. The van der Waals surface area contributed by atoms with Gasteiger partial charge >= 0.3 is 0 Å². The molecular weight excluding hydrogens is 460 g/mol. The molecule has 7 nitrogen and oxygen atoms in total. The van der Waals surface area contributed by atoms with Gasteiger partial charge in [0.25, 0.3) is 5.56 Å². The van der Waals surface area contributed by atoms with Crippen molar-refractivity contribution < 1.29 is 9.53 Å². The average Bonchev–Trinajstić information content (AvgIpc) is 3.24. The highest BCUT2D eigenvalue weighted by molar-refractivity contribution is 7.17. The largest absolute Gasteiger partial charge is 0.497 e. The molecule has 0 atom stereocenters. The van der Waals surface area contributed by atoms with Gasteiger partial charge in [-0.15, -0.1) is 11.3 Å². The summed E-state index contributed by atoms with van der Waals surface area (Å²) in [6.45, 7) is 3.11. The van der Waals surface area contributed by atoms with Crippen LogP contribution in [0.2, 0.25) is 5.02 Å². The Morgan fingerprint density at radius 3 is 2.58 bits per heavy atom. The van der Waals surface area contributed by atoms with Crippen LogP contribution in [0, 0.1) is 0 Å². The maximum Gasteiger partial charge on any atom is 0.260 e. The second kappa shape index (κ2) is 10.2. The molecule has 4 aromatic rings. The number of nitrogens with zero attached hydrogens (tertiary/aromatic N) is 2. The highest BCUT2D eigenvalue weighted by atomic mass is 35.5. The lowest BCUT2D eigenvalue weighted by Gasteiger charge is -2.19. The first-order chi connectivity index (χ1) is 16.0. The van der Waals surface area contributed by atoms with Crippen molar-refractivity contribution in [2.45, 2.75) is 13.5 Å². The van der Waals surface area contributed by atoms with Crippen molar-refractivity contribution in [2.75, 3.05) is 25.5 Å². The third-order valence-electron chi connectivity index (χ3n) is 5.21. The van der Waals surface area contributed by atoms with Gasteiger partial charge in [0.2, 0.25) is 5.91 Å². The Bertz CT molecular complexity index is 1320. The smallest absolute Gasteiger partial charge is 0.260 e. The fourth-order valence-corrected chi connectivity index (χ4v) is 4.57. The zero-order valence-corrected chi connectivity index (χ0v) is 19.8. The van der Waals surface area contributed by atoms with Gasteiger partial charge in [-0.25, -0.2) is 4.98 Å². The Labute approximate surface area is 200 Å². The van der Waals surface area contributed by atoms with Crippen molar-refractivity contribution in [1.29, 1.82) is 0 Å². The maximum atomic E-state index is 12.9. The number of halogens is 1. The molecule has 2 N–H and O–H groups in total. The molecule has 0 bridgehead atoms. The molecule has 2 heterocycles. The summed E-state index contributed by atoms with van der Waals surface area (Å²) in [5, 5.41) is 6.01. The molecule has 0 radical (unpaired) electrons. The highest BCUT2D eigenvalue weighted by Gasteiger charge is 2.16. The van der Waals surface area contributed by atoms with Crippen molar-refractivity contribution in [3.05, 3.63) is 75.1 Å². The number of thiophene rings is 1. The van der Waals surface area contributed by atoms with Crippen LogP contribution in [-0.2, 0) is 11.3 Å². The summed E-state index contributed by atoms with van der Waals surface area (Å²) in [6, 6.07) is 14.5. The van der Waals surface area contributed by atoms with Crippen LogP contribution in [0.1, 0.15) is 12.7 Å². The van der Waals surface area contributed by atoms with Gasteiger partial charge in [-0.2, -0.15) is 0 Å². The van der Waals surface area contributed by atoms with E-state index in [2.05, 4.69) is 15.3 Å². The second-order valence-corrected chi connectivity index (χ2v) is 8.72. The standard InChI is InChI=1S/C24H23ClN4O3S/c1-3-29(13-21(30)26-17-8-10-18(32-2)11-9-17)12-20-27-23(31)22-19(14-33-24(22)28-20)15-4-6-16(25)7-5-15/h4-11,14H,3,12-13H2,1-2H3,(H,26,30)(H,27,28,31). The number of likely N-dealkylation sites (N-methyl/N-ethyl adjacent to an activating group) is 1. The highest BCUT2D eigenvalue weighted by Crippen LogP contribution is 2.31. The van der Waals surface area contributed by atoms with Gasteiger partial charge in [0.15, 0.2) is 0 Å². The normalized spacial score (nSPS) is 11.2. The predicted molar refractivity (Wildman–Crippen MR) is 133 cm³/mol. The Kier molecular flexibility index (Phi) is 7.08. The number of nitrogens with one attached hydrogen (secondary N) is 2. The third-order valence-corrected chi connectivity index (χ3v) is 6.33. The molecule has 4 rings (SSSR count). The van der Waals surface area contributed by atoms with E-state index in [1.807, 2.05) is 29.3 Å². The fraction of sp³-hybridized carbons (Fsp3) is 0.208. The Morgan fingerprint density at radius 1 is 1.18 bits per heavy atom. The molecule has 170 valence electrons. The lowest BCUT2D eigenvalue weighted by atomic mass is 10.1. The zero-order valence-electron chi connectivity index (χ0n) is 18.2. The number of amides is 1. The number of aromatic nitrogens is 2. The molecule has 0 spiro atoms. The van der Waals surface area contributed by atoms with Gasteiger partial charge in [0.05, 0.1) is 25.6 Å². The topological polar surface area (TPSA) is 87.3 Å². The first-order valence-electron chi connectivity index (χ1n) is 10.4. The van der Waals surface area contributed by atoms with Gasteiger partial charge in [0, 0.05) is 21.7 Å². The van der Waals surface area contributed by atoms with Crippen LogP contribution < -0.4 is 15.6 Å². The molecular formula is C24H23ClN4O3S. The van der Waals surface area contributed by atoms with Crippen LogP contribution in [0.4, 0.5) is 5.69 Å². The fourth-order valence-electron chi connectivity index (χ4n) is 3.48. The number of aromatic amines is 1. The summed E-state index contributed by atoms with van der Waals surface area (Å²) in [4.78, 5) is 35.5. The number of methoxy groups -OCH3 is 1. The minimum atomic E-state index is -0.195. The molecule has 2 aromatic heterocycles. The summed E-state index contributed by atoms with van der Waals surface area (Å²) in [5.74, 6) is 1.10. The maximum absolute atomic E-state index is 12.9. The first-order valence-corrected chi connectivity index (χ1v) is 11.6. The Balaban J connectivity index is 1.48. The van der Waals surface area contributed by atoms with E-state index < -0.39 is 0 Å². The van der Waals surface area contributed by atoms with Gasteiger partial charge in [-0.3, -0.25) is 14.5 Å². The molecule has 2 aromatic carbocycles. The minimum Gasteiger partial charge on any atom is -0.497 e. The molecule has 1 amide bonds. The van der Waals surface area contributed by atoms with Crippen molar-refractivity contribution in [1.82, 2.24) is 14.9 Å². The Hall–Kier alpha value is -3.20. The van der Waals surface area contributed by atoms with Gasteiger partial charge in [0.1, 0.15) is 16.4 Å². The van der Waals surface area contributed by atoms with Gasteiger partial charge in [-0.05, 0) is 48.5 Å². The van der Waals surface area contributed by atoms with Gasteiger partial charge < -0.3 is 15.0 Å². The predicted octanol–water partition coefficient (Wildman–Crippen LogP) is 4.77. The molecule has 0 saturated carbocycles. The van der Waals surface area contributed by atoms with Crippen LogP contribution in [0.5, 0.6) is 5.75 Å². The number of hydrogen-bond donors (Lipinski definition) is 2. The molecule has 9 heteroatoms. The summed E-state index contributed by atoms with van der Waals surface area (Å²) in [5.41, 5.74) is 2.24. The number of rotatable bonds is 8. The van der Waals surface area contributed by atoms with Crippen molar-refractivity contribution in [3.8, 4) is 16.9 Å². The number of benzene rings is 2. The van der Waals surface area contributed by atoms with Gasteiger partial charge in [-0.1, -0.05) is 30.7 Å². The lowest BCUT2D eigenvalue weighted by molar-refractivity contribution is -0.117. The van der Waals surface area contributed by atoms with Crippen LogP contribution in [0.25, 0.3) is 21.3 Å². The number of anilines is 1. The number of fused-ring (bicyclic) bond motifs is 1. The van der Waals surface area contributed by atoms with E-state index in [9.17, 15) is 9.59 Å². The number of carbonyl (C=O) groups excluding carboxylic acids is 1. The molecule has 0 fully saturated rings. The van der Waals surface area contributed by atoms with E-state index in [4.69, 9.17) is 16.3 Å². The summed E-state index contributed by atoms with van der Waals surface area (Å²) in [6.07, 6.45) is 0. The number of H-pyrrole nitrogens is 1. The summed E-state index contributed by atoms with van der Waals surface area (Å²) in [7, 11) is 1.59. The van der Waals surface area contributed by atoms with Crippen LogP contribution >= 0.6 is 22.9 Å². The lowest BCUT2D eigenvalue weighted by Crippen LogP contribution is -2.33. The van der Waals surface area contributed by atoms with E-state index in [0.29, 0.717) is 39.8 Å². The molecule has 0 aliphatic rings. The van der Waals surface area contributed by atoms with Crippen LogP contribution in [-0.4, -0.2) is 41.0 Å². The quantitative estimate of drug-likeness (QED) is 0.377.